The van der Waals surface area contributed by atoms with Crippen LogP contribution in [0.5, 0.6) is 0 Å². The summed E-state index contributed by atoms with van der Waals surface area (Å²) < 4.78 is 5.76. The minimum absolute atomic E-state index is 0. The van der Waals surface area contributed by atoms with Crippen LogP contribution in [0.2, 0.25) is 0 Å². The van der Waals surface area contributed by atoms with Gasteiger partial charge in [0.05, 0.1) is 24.8 Å². The first-order valence-electron chi connectivity index (χ1n) is 10.9. The van der Waals surface area contributed by atoms with Gasteiger partial charge in [-0.25, -0.2) is 4.79 Å². The highest BCUT2D eigenvalue weighted by Crippen LogP contribution is 2.26. The summed E-state index contributed by atoms with van der Waals surface area (Å²) in [7, 11) is 0. The lowest BCUT2D eigenvalue weighted by atomic mass is 9.99. The van der Waals surface area contributed by atoms with E-state index in [0.717, 1.165) is 30.8 Å². The highest BCUT2D eigenvalue weighted by atomic mass is 35.5. The van der Waals surface area contributed by atoms with Gasteiger partial charge in [0.1, 0.15) is 0 Å². The Kier molecular flexibility index (Phi) is 8.13. The highest BCUT2D eigenvalue weighted by molar-refractivity contribution is 5.89. The molecule has 1 saturated heterocycles. The molecule has 1 fully saturated rings. The molecule has 3 aromatic rings. The molecule has 2 atom stereocenters. The van der Waals surface area contributed by atoms with Crippen molar-refractivity contribution in [2.45, 2.75) is 32.4 Å². The third kappa shape index (κ3) is 5.41. The number of carboxylic acids is 1. The molecule has 1 aliphatic heterocycles. The van der Waals surface area contributed by atoms with Crippen LogP contribution >= 0.6 is 12.4 Å². The molecule has 1 unspecified atom stereocenters. The second kappa shape index (κ2) is 10.8. The SMILES string of the molecule is Cc1cc(C(=O)O)cc(N2CCOCC2CCN[C@H](C)c2cccc3ccccc23)c1.Cl. The monoisotopic (exact) mass is 454 g/mol. The normalized spacial score (nSPS) is 17.1. The first-order chi connectivity index (χ1) is 15.0. The number of benzene rings is 3. The average molecular weight is 455 g/mol. The number of fused-ring (bicyclic) bond motifs is 1. The summed E-state index contributed by atoms with van der Waals surface area (Å²) >= 11 is 0. The zero-order valence-corrected chi connectivity index (χ0v) is 19.4. The first-order valence-corrected chi connectivity index (χ1v) is 10.9. The van der Waals surface area contributed by atoms with Gasteiger partial charge in [-0.3, -0.25) is 0 Å². The van der Waals surface area contributed by atoms with Crippen molar-refractivity contribution in [2.75, 3.05) is 31.2 Å². The number of aryl methyl sites for hydroxylation is 1. The van der Waals surface area contributed by atoms with Crippen molar-refractivity contribution in [3.63, 3.8) is 0 Å². The molecule has 2 N–H and O–H groups in total. The quantitative estimate of drug-likeness (QED) is 0.512. The van der Waals surface area contributed by atoms with E-state index in [0.29, 0.717) is 18.8 Å². The van der Waals surface area contributed by atoms with Crippen LogP contribution in [-0.4, -0.2) is 43.4 Å². The summed E-state index contributed by atoms with van der Waals surface area (Å²) in [6, 6.07) is 21.0. The minimum atomic E-state index is -0.889. The van der Waals surface area contributed by atoms with Gasteiger partial charge in [-0.2, -0.15) is 0 Å². The molecular weight excluding hydrogens is 424 g/mol. The van der Waals surface area contributed by atoms with Gasteiger partial charge >= 0.3 is 5.97 Å². The molecule has 4 rings (SSSR count). The fourth-order valence-corrected chi connectivity index (χ4v) is 4.49. The van der Waals surface area contributed by atoms with Crippen molar-refractivity contribution in [1.82, 2.24) is 5.32 Å². The van der Waals surface area contributed by atoms with Crippen LogP contribution in [0.25, 0.3) is 10.8 Å². The zero-order chi connectivity index (χ0) is 21.8. The Morgan fingerprint density at radius 3 is 2.78 bits per heavy atom. The van der Waals surface area contributed by atoms with E-state index in [1.807, 2.05) is 6.92 Å². The minimum Gasteiger partial charge on any atom is -0.478 e. The molecule has 5 nitrogen and oxygen atoms in total. The van der Waals surface area contributed by atoms with Crippen molar-refractivity contribution in [1.29, 1.82) is 0 Å². The van der Waals surface area contributed by atoms with Crippen molar-refractivity contribution in [3.05, 3.63) is 77.4 Å². The van der Waals surface area contributed by atoms with Crippen LogP contribution in [0.1, 0.15) is 40.9 Å². The van der Waals surface area contributed by atoms with Crippen molar-refractivity contribution in [3.8, 4) is 0 Å². The van der Waals surface area contributed by atoms with Crippen molar-refractivity contribution in [2.24, 2.45) is 0 Å². The zero-order valence-electron chi connectivity index (χ0n) is 18.6. The molecular formula is C26H31ClN2O3. The molecule has 0 amide bonds. The van der Waals surface area contributed by atoms with E-state index in [9.17, 15) is 9.90 Å². The number of carbonyl (C=O) groups is 1. The molecule has 170 valence electrons. The lowest BCUT2D eigenvalue weighted by Gasteiger charge is -2.38. The van der Waals surface area contributed by atoms with Crippen LogP contribution in [-0.2, 0) is 4.74 Å². The maximum atomic E-state index is 11.5. The Bertz CT molecular complexity index is 1070. The number of morpholine rings is 1. The number of nitrogens with zero attached hydrogens (tertiary/aromatic N) is 1. The smallest absolute Gasteiger partial charge is 0.335 e. The summed E-state index contributed by atoms with van der Waals surface area (Å²) in [6.07, 6.45) is 0.922. The number of rotatable bonds is 7. The maximum absolute atomic E-state index is 11.5. The lowest BCUT2D eigenvalue weighted by Crippen LogP contribution is -2.47. The molecule has 3 aromatic carbocycles. The predicted molar refractivity (Wildman–Crippen MR) is 132 cm³/mol. The summed E-state index contributed by atoms with van der Waals surface area (Å²) in [5.74, 6) is -0.889. The van der Waals surface area contributed by atoms with Crippen LogP contribution < -0.4 is 10.2 Å². The third-order valence-electron chi connectivity index (χ3n) is 6.09. The lowest BCUT2D eigenvalue weighted by molar-refractivity contribution is 0.0696. The standard InChI is InChI=1S/C26H30N2O3.ClH/c1-18-14-21(26(29)30)16-23(15-18)28-12-13-31-17-22(28)10-11-27-19(2)24-9-5-7-20-6-3-4-8-25(20)24;/h3-9,14-16,19,22,27H,10-13,17H2,1-2H3,(H,29,30);1H/t19-,22?;/m1./s1. The van der Waals surface area contributed by atoms with Gasteiger partial charge in [-0.1, -0.05) is 42.5 Å². The molecule has 0 spiro atoms. The maximum Gasteiger partial charge on any atom is 0.335 e. The second-order valence-electron chi connectivity index (χ2n) is 8.32. The van der Waals surface area contributed by atoms with Crippen LogP contribution in [0, 0.1) is 6.92 Å². The molecule has 0 aliphatic carbocycles. The van der Waals surface area contributed by atoms with E-state index in [1.54, 1.807) is 12.1 Å². The largest absolute Gasteiger partial charge is 0.478 e. The Labute approximate surface area is 195 Å². The fourth-order valence-electron chi connectivity index (χ4n) is 4.49. The number of carboxylic acid groups (broad SMARTS) is 1. The van der Waals surface area contributed by atoms with Crippen molar-refractivity contribution >= 4 is 34.8 Å². The molecule has 1 heterocycles. The number of aromatic carboxylic acids is 1. The van der Waals surface area contributed by atoms with Crippen molar-refractivity contribution < 1.29 is 14.6 Å². The van der Waals surface area contributed by atoms with Gasteiger partial charge in [-0.05, 0) is 66.9 Å². The van der Waals surface area contributed by atoms with E-state index >= 15 is 0 Å². The first kappa shape index (κ1) is 24.1. The van der Waals surface area contributed by atoms with Gasteiger partial charge in [0.2, 0.25) is 0 Å². The molecule has 0 saturated carbocycles. The fraction of sp³-hybridized carbons (Fsp3) is 0.346. The molecule has 0 radical (unpaired) electrons. The molecule has 6 heteroatoms. The summed E-state index contributed by atoms with van der Waals surface area (Å²) in [4.78, 5) is 13.8. The van der Waals surface area contributed by atoms with Crippen LogP contribution in [0.4, 0.5) is 5.69 Å². The average Bonchev–Trinajstić information content (AvgIpc) is 2.78. The Hall–Kier alpha value is -2.60. The van der Waals surface area contributed by atoms with Crippen LogP contribution in [0.15, 0.2) is 60.7 Å². The molecule has 0 aromatic heterocycles. The van der Waals surface area contributed by atoms with Gasteiger partial charge in [0.15, 0.2) is 0 Å². The highest BCUT2D eigenvalue weighted by Gasteiger charge is 2.24. The summed E-state index contributed by atoms with van der Waals surface area (Å²) in [6.45, 7) is 7.08. The number of hydrogen-bond acceptors (Lipinski definition) is 4. The Morgan fingerprint density at radius 1 is 1.19 bits per heavy atom. The third-order valence-corrected chi connectivity index (χ3v) is 6.09. The number of hydrogen-bond donors (Lipinski definition) is 2. The molecule has 32 heavy (non-hydrogen) atoms. The van der Waals surface area contributed by atoms with Gasteiger partial charge < -0.3 is 20.1 Å². The Morgan fingerprint density at radius 2 is 1.97 bits per heavy atom. The number of halogens is 1. The second-order valence-corrected chi connectivity index (χ2v) is 8.32. The number of ether oxygens (including phenoxy) is 1. The summed E-state index contributed by atoms with van der Waals surface area (Å²) in [5, 5.41) is 15.7. The van der Waals surface area contributed by atoms with Crippen LogP contribution in [0.3, 0.4) is 0 Å². The van der Waals surface area contributed by atoms with E-state index in [2.05, 4.69) is 65.7 Å². The van der Waals surface area contributed by atoms with Gasteiger partial charge in [0, 0.05) is 18.3 Å². The molecule has 0 bridgehead atoms. The number of nitrogens with one attached hydrogen (secondary N) is 1. The van der Waals surface area contributed by atoms with E-state index < -0.39 is 5.97 Å². The van der Waals surface area contributed by atoms with E-state index in [4.69, 9.17) is 4.74 Å². The van der Waals surface area contributed by atoms with E-state index in [-0.39, 0.29) is 24.5 Å². The number of anilines is 1. The summed E-state index contributed by atoms with van der Waals surface area (Å²) in [5.41, 5.74) is 3.57. The van der Waals surface area contributed by atoms with E-state index in [1.165, 1.54) is 16.3 Å². The van der Waals surface area contributed by atoms with Gasteiger partial charge in [-0.15, -0.1) is 12.4 Å². The Balaban J connectivity index is 0.00000289. The topological polar surface area (TPSA) is 61.8 Å². The molecule has 1 aliphatic rings. The van der Waals surface area contributed by atoms with Gasteiger partial charge in [0.25, 0.3) is 0 Å². The predicted octanol–water partition coefficient (Wildman–Crippen LogP) is 5.21.